The van der Waals surface area contributed by atoms with Crippen LogP contribution in [0.2, 0.25) is 0 Å². The van der Waals surface area contributed by atoms with Crippen molar-refractivity contribution in [2.24, 2.45) is 0 Å². The van der Waals surface area contributed by atoms with E-state index < -0.39 is 0 Å². The average molecular weight is 397 g/mol. The summed E-state index contributed by atoms with van der Waals surface area (Å²) in [5.74, 6) is 1.39. The maximum absolute atomic E-state index is 12.7. The molecule has 2 aliphatic rings. The molecule has 2 aliphatic heterocycles. The number of likely N-dealkylation sites (tertiary alicyclic amines) is 1. The van der Waals surface area contributed by atoms with Crippen LogP contribution in [0.25, 0.3) is 0 Å². The highest BCUT2D eigenvalue weighted by molar-refractivity contribution is 5.90. The van der Waals surface area contributed by atoms with Gasteiger partial charge < -0.3 is 24.6 Å². The largest absolute Gasteiger partial charge is 0.472 e. The standard InChI is InChI=1S/C21H27N5O3/c1-15-4-3-5-18(16(15)2)24-21(27)26-7-6-17(13-26)29-20-12-19(22-14-23-20)25-8-10-28-11-9-25/h3-5,12,14,17H,6-11,13H2,1-2H3,(H,24,27). The third kappa shape index (κ3) is 4.59. The number of ether oxygens (including phenoxy) is 2. The molecule has 1 aromatic carbocycles. The topological polar surface area (TPSA) is 79.8 Å². The number of morpholine rings is 1. The number of rotatable bonds is 4. The number of aromatic nitrogens is 2. The monoisotopic (exact) mass is 397 g/mol. The molecule has 29 heavy (non-hydrogen) atoms. The summed E-state index contributed by atoms with van der Waals surface area (Å²) in [7, 11) is 0. The first-order valence-corrected chi connectivity index (χ1v) is 10.0. The Morgan fingerprint density at radius 1 is 1.21 bits per heavy atom. The number of nitrogens with one attached hydrogen (secondary N) is 1. The molecule has 1 N–H and O–H groups in total. The van der Waals surface area contributed by atoms with Crippen molar-refractivity contribution in [3.8, 4) is 5.88 Å². The number of carbonyl (C=O) groups is 1. The van der Waals surface area contributed by atoms with E-state index in [1.165, 1.54) is 6.33 Å². The van der Waals surface area contributed by atoms with Gasteiger partial charge in [-0.25, -0.2) is 14.8 Å². The molecule has 0 aliphatic carbocycles. The fourth-order valence-electron chi connectivity index (χ4n) is 3.62. The lowest BCUT2D eigenvalue weighted by Crippen LogP contribution is -2.36. The van der Waals surface area contributed by atoms with Crippen LogP contribution in [-0.2, 0) is 4.74 Å². The van der Waals surface area contributed by atoms with E-state index in [4.69, 9.17) is 9.47 Å². The summed E-state index contributed by atoms with van der Waals surface area (Å²) < 4.78 is 11.4. The van der Waals surface area contributed by atoms with Crippen LogP contribution in [0.3, 0.4) is 0 Å². The van der Waals surface area contributed by atoms with Gasteiger partial charge in [-0.1, -0.05) is 12.1 Å². The molecule has 3 heterocycles. The second kappa shape index (κ2) is 8.65. The molecule has 1 unspecified atom stereocenters. The maximum atomic E-state index is 12.7. The maximum Gasteiger partial charge on any atom is 0.321 e. The number of amides is 2. The third-order valence-corrected chi connectivity index (χ3v) is 5.53. The van der Waals surface area contributed by atoms with Gasteiger partial charge in [0.1, 0.15) is 18.2 Å². The Hall–Kier alpha value is -2.87. The number of aryl methyl sites for hydroxylation is 1. The minimum absolute atomic E-state index is 0.0770. The Balaban J connectivity index is 1.34. The summed E-state index contributed by atoms with van der Waals surface area (Å²) in [5.41, 5.74) is 3.10. The van der Waals surface area contributed by atoms with Crippen LogP contribution in [0.5, 0.6) is 5.88 Å². The van der Waals surface area contributed by atoms with Crippen molar-refractivity contribution in [2.75, 3.05) is 49.6 Å². The zero-order valence-electron chi connectivity index (χ0n) is 16.9. The fraction of sp³-hybridized carbons (Fsp3) is 0.476. The van der Waals surface area contributed by atoms with E-state index in [0.29, 0.717) is 32.2 Å². The van der Waals surface area contributed by atoms with Crippen molar-refractivity contribution in [1.82, 2.24) is 14.9 Å². The third-order valence-electron chi connectivity index (χ3n) is 5.53. The molecular formula is C21H27N5O3. The van der Waals surface area contributed by atoms with E-state index in [1.54, 1.807) is 4.90 Å². The van der Waals surface area contributed by atoms with Crippen LogP contribution in [0.15, 0.2) is 30.6 Å². The minimum Gasteiger partial charge on any atom is -0.472 e. The van der Waals surface area contributed by atoms with Crippen molar-refractivity contribution >= 4 is 17.5 Å². The highest BCUT2D eigenvalue weighted by atomic mass is 16.5. The summed E-state index contributed by atoms with van der Waals surface area (Å²) in [6.45, 7) is 8.27. The summed E-state index contributed by atoms with van der Waals surface area (Å²) >= 11 is 0. The lowest BCUT2D eigenvalue weighted by atomic mass is 10.1. The number of nitrogens with zero attached hydrogens (tertiary/aromatic N) is 4. The molecule has 2 aromatic rings. The number of hydrogen-bond donors (Lipinski definition) is 1. The highest BCUT2D eigenvalue weighted by Gasteiger charge is 2.28. The van der Waals surface area contributed by atoms with Gasteiger partial charge in [0.25, 0.3) is 0 Å². The first-order chi connectivity index (χ1) is 14.1. The van der Waals surface area contributed by atoms with Crippen molar-refractivity contribution < 1.29 is 14.3 Å². The normalized spacial score (nSPS) is 19.3. The molecule has 8 heteroatoms. The lowest BCUT2D eigenvalue weighted by molar-refractivity contribution is 0.122. The summed E-state index contributed by atoms with van der Waals surface area (Å²) in [5, 5.41) is 3.02. The molecule has 1 aromatic heterocycles. The van der Waals surface area contributed by atoms with Crippen molar-refractivity contribution in [3.05, 3.63) is 41.7 Å². The number of hydrogen-bond acceptors (Lipinski definition) is 6. The number of anilines is 2. The quantitative estimate of drug-likeness (QED) is 0.854. The molecule has 154 valence electrons. The van der Waals surface area contributed by atoms with Crippen LogP contribution in [0.4, 0.5) is 16.3 Å². The van der Waals surface area contributed by atoms with Crippen molar-refractivity contribution in [2.45, 2.75) is 26.4 Å². The van der Waals surface area contributed by atoms with Crippen LogP contribution >= 0.6 is 0 Å². The SMILES string of the molecule is Cc1cccc(NC(=O)N2CCC(Oc3cc(N4CCOCC4)ncn3)C2)c1C. The molecule has 8 nitrogen and oxygen atoms in total. The zero-order valence-corrected chi connectivity index (χ0v) is 16.9. The summed E-state index contributed by atoms with van der Waals surface area (Å²) in [6, 6.07) is 7.69. The molecule has 4 rings (SSSR count). The smallest absolute Gasteiger partial charge is 0.321 e. The Bertz CT molecular complexity index is 869. The van der Waals surface area contributed by atoms with E-state index in [2.05, 4.69) is 20.2 Å². The van der Waals surface area contributed by atoms with E-state index in [9.17, 15) is 4.79 Å². The fourth-order valence-corrected chi connectivity index (χ4v) is 3.62. The van der Waals surface area contributed by atoms with Crippen LogP contribution in [-0.4, -0.2) is 66.4 Å². The van der Waals surface area contributed by atoms with Gasteiger partial charge in [-0.3, -0.25) is 0 Å². The number of benzene rings is 1. The minimum atomic E-state index is -0.0958. The predicted molar refractivity (Wildman–Crippen MR) is 111 cm³/mol. The first-order valence-electron chi connectivity index (χ1n) is 10.0. The second-order valence-corrected chi connectivity index (χ2v) is 7.47. The van der Waals surface area contributed by atoms with Gasteiger partial charge >= 0.3 is 6.03 Å². The molecule has 2 fully saturated rings. The molecule has 2 amide bonds. The molecule has 0 spiro atoms. The van der Waals surface area contributed by atoms with Crippen LogP contribution in [0, 0.1) is 13.8 Å². The molecule has 1 atom stereocenters. The molecule has 0 bridgehead atoms. The van der Waals surface area contributed by atoms with E-state index in [0.717, 1.165) is 42.1 Å². The first kappa shape index (κ1) is 19.4. The summed E-state index contributed by atoms with van der Waals surface area (Å²) in [6.07, 6.45) is 2.23. The van der Waals surface area contributed by atoms with E-state index >= 15 is 0 Å². The zero-order chi connectivity index (χ0) is 20.2. The number of carbonyl (C=O) groups excluding carboxylic acids is 1. The Labute approximate surface area is 170 Å². The molecule has 0 radical (unpaired) electrons. The van der Waals surface area contributed by atoms with E-state index in [-0.39, 0.29) is 12.1 Å². The predicted octanol–water partition coefficient (Wildman–Crippen LogP) is 2.62. The van der Waals surface area contributed by atoms with Crippen molar-refractivity contribution in [3.63, 3.8) is 0 Å². The van der Waals surface area contributed by atoms with Gasteiger partial charge in [0.15, 0.2) is 0 Å². The lowest BCUT2D eigenvalue weighted by Gasteiger charge is -2.27. The Morgan fingerprint density at radius 2 is 2.03 bits per heavy atom. The van der Waals surface area contributed by atoms with Crippen LogP contribution in [0.1, 0.15) is 17.5 Å². The van der Waals surface area contributed by atoms with E-state index in [1.807, 2.05) is 38.1 Å². The van der Waals surface area contributed by atoms with Gasteiger partial charge in [0, 0.05) is 37.8 Å². The molecular weight excluding hydrogens is 370 g/mol. The Kier molecular flexibility index (Phi) is 5.80. The average Bonchev–Trinajstić information content (AvgIpc) is 3.21. The van der Waals surface area contributed by atoms with Gasteiger partial charge in [-0.15, -0.1) is 0 Å². The van der Waals surface area contributed by atoms with Gasteiger partial charge in [-0.05, 0) is 31.0 Å². The Morgan fingerprint density at radius 3 is 2.86 bits per heavy atom. The molecule has 0 saturated carbocycles. The van der Waals surface area contributed by atoms with Crippen LogP contribution < -0.4 is 15.0 Å². The molecule has 2 saturated heterocycles. The van der Waals surface area contributed by atoms with Crippen molar-refractivity contribution in [1.29, 1.82) is 0 Å². The highest BCUT2D eigenvalue weighted by Crippen LogP contribution is 2.22. The van der Waals surface area contributed by atoms with Gasteiger partial charge in [-0.2, -0.15) is 0 Å². The second-order valence-electron chi connectivity index (χ2n) is 7.47. The number of urea groups is 1. The van der Waals surface area contributed by atoms with Gasteiger partial charge in [0.05, 0.1) is 19.8 Å². The van der Waals surface area contributed by atoms with Gasteiger partial charge in [0.2, 0.25) is 5.88 Å². The summed E-state index contributed by atoms with van der Waals surface area (Å²) in [4.78, 5) is 25.2.